The van der Waals surface area contributed by atoms with Crippen LogP contribution >= 0.6 is 0 Å². The minimum absolute atomic E-state index is 0.246. The van der Waals surface area contributed by atoms with Gasteiger partial charge in [-0.2, -0.15) is 0 Å². The molecule has 3 heteroatoms. The minimum atomic E-state index is 0.246. The second-order valence-electron chi connectivity index (χ2n) is 5.15. The highest BCUT2D eigenvalue weighted by Crippen LogP contribution is 2.28. The molecule has 0 heterocycles. The van der Waals surface area contributed by atoms with Gasteiger partial charge in [0.25, 0.3) is 0 Å². The van der Waals surface area contributed by atoms with Crippen LogP contribution in [0.2, 0.25) is 0 Å². The predicted molar refractivity (Wildman–Crippen MR) is 90.8 cm³/mol. The fraction of sp³-hybridized carbons (Fsp3) is 0. The maximum Gasteiger partial charge on any atom is 0.139 e. The number of fused-ring (bicyclic) bond motifs is 1. The highest BCUT2D eigenvalue weighted by molar-refractivity contribution is 6.33. The summed E-state index contributed by atoms with van der Waals surface area (Å²) in [5, 5.41) is 21.5. The van der Waals surface area contributed by atoms with Crippen LogP contribution in [-0.2, 0) is 0 Å². The van der Waals surface area contributed by atoms with E-state index in [1.54, 1.807) is 18.2 Å². The van der Waals surface area contributed by atoms with E-state index in [1.807, 2.05) is 42.5 Å². The van der Waals surface area contributed by atoms with Crippen molar-refractivity contribution in [3.63, 3.8) is 0 Å². The molecule has 0 bridgehead atoms. The van der Waals surface area contributed by atoms with Gasteiger partial charge in [0, 0.05) is 5.56 Å². The Labute approximate surface area is 124 Å². The highest BCUT2D eigenvalue weighted by atomic mass is 16.3. The van der Waals surface area contributed by atoms with Gasteiger partial charge in [-0.1, -0.05) is 54.0 Å². The van der Waals surface area contributed by atoms with Crippen molar-refractivity contribution in [2.45, 2.75) is 0 Å². The second-order valence-corrected chi connectivity index (χ2v) is 5.15. The first-order chi connectivity index (χ1) is 10.1. The summed E-state index contributed by atoms with van der Waals surface area (Å²) in [4.78, 5) is 0. The molecule has 3 aromatic carbocycles. The Kier molecular flexibility index (Phi) is 3.40. The number of aromatic hydroxyl groups is 2. The normalized spacial score (nSPS) is 11.2. The SMILES string of the molecule is Bc1ccc2c(/C=C/c3ccc(O)cc3)c(O)ccc2c1. The van der Waals surface area contributed by atoms with E-state index in [9.17, 15) is 10.2 Å². The first kappa shape index (κ1) is 13.3. The molecule has 0 unspecified atom stereocenters. The summed E-state index contributed by atoms with van der Waals surface area (Å²) >= 11 is 0. The summed E-state index contributed by atoms with van der Waals surface area (Å²) in [6.07, 6.45) is 3.83. The molecule has 3 rings (SSSR count). The van der Waals surface area contributed by atoms with Gasteiger partial charge < -0.3 is 10.2 Å². The molecule has 0 aliphatic rings. The third kappa shape index (κ3) is 2.77. The van der Waals surface area contributed by atoms with Crippen molar-refractivity contribution in [2.24, 2.45) is 0 Å². The summed E-state index contributed by atoms with van der Waals surface area (Å²) < 4.78 is 0. The van der Waals surface area contributed by atoms with E-state index in [0.717, 1.165) is 21.9 Å². The summed E-state index contributed by atoms with van der Waals surface area (Å²) in [5.74, 6) is 0.511. The Hall–Kier alpha value is -2.68. The van der Waals surface area contributed by atoms with Gasteiger partial charge in [0.15, 0.2) is 0 Å². The summed E-state index contributed by atoms with van der Waals surface area (Å²) in [7, 11) is 2.05. The van der Waals surface area contributed by atoms with E-state index in [2.05, 4.69) is 13.9 Å². The zero-order chi connectivity index (χ0) is 14.8. The van der Waals surface area contributed by atoms with E-state index < -0.39 is 0 Å². The van der Waals surface area contributed by atoms with E-state index in [-0.39, 0.29) is 11.5 Å². The van der Waals surface area contributed by atoms with Crippen molar-refractivity contribution < 1.29 is 10.2 Å². The first-order valence-electron chi connectivity index (χ1n) is 6.83. The zero-order valence-corrected chi connectivity index (χ0v) is 11.7. The van der Waals surface area contributed by atoms with Gasteiger partial charge >= 0.3 is 0 Å². The number of rotatable bonds is 2. The minimum Gasteiger partial charge on any atom is -0.508 e. The third-order valence-corrected chi connectivity index (χ3v) is 3.53. The molecule has 0 radical (unpaired) electrons. The van der Waals surface area contributed by atoms with Crippen molar-refractivity contribution in [3.05, 3.63) is 65.7 Å². The monoisotopic (exact) mass is 274 g/mol. The Balaban J connectivity index is 2.07. The van der Waals surface area contributed by atoms with Gasteiger partial charge in [0.1, 0.15) is 19.3 Å². The Morgan fingerprint density at radius 1 is 0.810 bits per heavy atom. The smallest absolute Gasteiger partial charge is 0.139 e. The molecule has 0 amide bonds. The van der Waals surface area contributed by atoms with Crippen LogP contribution in [0, 0.1) is 0 Å². The lowest BCUT2D eigenvalue weighted by Crippen LogP contribution is -1.99. The van der Waals surface area contributed by atoms with Crippen LogP contribution in [0.25, 0.3) is 22.9 Å². The molecule has 0 aromatic heterocycles. The molecule has 0 saturated carbocycles. The quantitative estimate of drug-likeness (QED) is 0.557. The molecule has 0 atom stereocenters. The lowest BCUT2D eigenvalue weighted by Gasteiger charge is -2.06. The molecule has 3 aromatic rings. The van der Waals surface area contributed by atoms with Crippen LogP contribution in [0.1, 0.15) is 11.1 Å². The lowest BCUT2D eigenvalue weighted by molar-refractivity contribution is 0.474. The Bertz CT molecular complexity index is 820. The van der Waals surface area contributed by atoms with Gasteiger partial charge in [-0.25, -0.2) is 0 Å². The van der Waals surface area contributed by atoms with Crippen molar-refractivity contribution in [1.29, 1.82) is 0 Å². The van der Waals surface area contributed by atoms with Gasteiger partial charge in [0.2, 0.25) is 0 Å². The highest BCUT2D eigenvalue weighted by Gasteiger charge is 2.04. The van der Waals surface area contributed by atoms with Crippen LogP contribution in [0.5, 0.6) is 11.5 Å². The van der Waals surface area contributed by atoms with Crippen molar-refractivity contribution in [1.82, 2.24) is 0 Å². The first-order valence-corrected chi connectivity index (χ1v) is 6.83. The van der Waals surface area contributed by atoms with Crippen LogP contribution in [0.15, 0.2) is 54.6 Å². The number of phenolic OH excluding ortho intramolecular Hbond substituents is 2. The molecule has 0 aliphatic heterocycles. The largest absolute Gasteiger partial charge is 0.508 e. The fourth-order valence-corrected chi connectivity index (χ4v) is 2.40. The van der Waals surface area contributed by atoms with Crippen LogP contribution in [-0.4, -0.2) is 18.1 Å². The number of phenols is 2. The standard InChI is InChI=1S/C18H15BO2/c19-14-5-9-16-13(11-14)4-10-18(21)17(16)8-3-12-1-6-15(20)7-2-12/h1-11,20-21H,19H2/b8-3+. The van der Waals surface area contributed by atoms with Crippen molar-refractivity contribution in [2.75, 3.05) is 0 Å². The second kappa shape index (κ2) is 5.37. The van der Waals surface area contributed by atoms with Crippen molar-refractivity contribution >= 4 is 36.2 Å². The predicted octanol–water partition coefficient (Wildman–Crippen LogP) is 2.68. The molecule has 2 nitrogen and oxygen atoms in total. The molecule has 0 aliphatic carbocycles. The molecular formula is C18H15BO2. The van der Waals surface area contributed by atoms with Crippen molar-refractivity contribution in [3.8, 4) is 11.5 Å². The maximum absolute atomic E-state index is 10.1. The Morgan fingerprint density at radius 3 is 2.33 bits per heavy atom. The number of hydrogen-bond donors (Lipinski definition) is 2. The Morgan fingerprint density at radius 2 is 1.57 bits per heavy atom. The van der Waals surface area contributed by atoms with Gasteiger partial charge in [-0.3, -0.25) is 0 Å². The summed E-state index contributed by atoms with van der Waals surface area (Å²) in [6, 6.07) is 16.8. The van der Waals surface area contributed by atoms with E-state index in [1.165, 1.54) is 5.46 Å². The lowest BCUT2D eigenvalue weighted by atomic mass is 9.92. The molecule has 0 fully saturated rings. The number of benzene rings is 3. The molecule has 0 saturated heterocycles. The van der Waals surface area contributed by atoms with Gasteiger partial charge in [-0.05, 0) is 34.5 Å². The van der Waals surface area contributed by atoms with Gasteiger partial charge in [0.05, 0.1) is 0 Å². The van der Waals surface area contributed by atoms with Crippen LogP contribution in [0.4, 0.5) is 0 Å². The molecule has 21 heavy (non-hydrogen) atoms. The van der Waals surface area contributed by atoms with Crippen LogP contribution in [0.3, 0.4) is 0 Å². The average Bonchev–Trinajstić information content (AvgIpc) is 2.48. The molecule has 2 N–H and O–H groups in total. The van der Waals surface area contributed by atoms with Gasteiger partial charge in [-0.15, -0.1) is 0 Å². The third-order valence-electron chi connectivity index (χ3n) is 3.53. The molecular weight excluding hydrogens is 259 g/mol. The molecule has 0 spiro atoms. The molecule has 102 valence electrons. The zero-order valence-electron chi connectivity index (χ0n) is 11.7. The van der Waals surface area contributed by atoms with E-state index in [0.29, 0.717) is 0 Å². The summed E-state index contributed by atoms with van der Waals surface area (Å²) in [5.41, 5.74) is 2.97. The maximum atomic E-state index is 10.1. The number of hydrogen-bond acceptors (Lipinski definition) is 2. The van der Waals surface area contributed by atoms with Crippen LogP contribution < -0.4 is 5.46 Å². The average molecular weight is 274 g/mol. The fourth-order valence-electron chi connectivity index (χ4n) is 2.40. The van der Waals surface area contributed by atoms with E-state index in [4.69, 9.17) is 0 Å². The summed E-state index contributed by atoms with van der Waals surface area (Å²) in [6.45, 7) is 0. The topological polar surface area (TPSA) is 40.5 Å². The van der Waals surface area contributed by atoms with E-state index >= 15 is 0 Å².